The molecule has 2 aliphatic heterocycles. The van der Waals surface area contributed by atoms with Gasteiger partial charge in [-0.15, -0.1) is 0 Å². The number of fused-ring (bicyclic) bond motifs is 1. The molecule has 0 spiro atoms. The number of hydrogen-bond donors (Lipinski definition) is 0. The number of ether oxygens (including phenoxy) is 2. The van der Waals surface area contributed by atoms with Crippen LogP contribution in [0.5, 0.6) is 5.75 Å². The second kappa shape index (κ2) is 8.62. The van der Waals surface area contributed by atoms with Crippen molar-refractivity contribution in [3.05, 3.63) is 23.8 Å². The van der Waals surface area contributed by atoms with E-state index in [1.165, 1.54) is 49.2 Å². The molecule has 7 nitrogen and oxygen atoms in total. The topological polar surface area (TPSA) is 76.1 Å². The molecule has 2 heterocycles. The molecule has 3 fully saturated rings. The molecule has 4 rings (SSSR count). The summed E-state index contributed by atoms with van der Waals surface area (Å²) in [5.41, 5.74) is 0.330. The van der Waals surface area contributed by atoms with E-state index < -0.39 is 10.0 Å². The van der Waals surface area contributed by atoms with E-state index in [0.717, 1.165) is 25.4 Å². The summed E-state index contributed by atoms with van der Waals surface area (Å²) < 4.78 is 38.1. The normalized spacial score (nSPS) is 26.0. The maximum atomic E-state index is 13.3. The van der Waals surface area contributed by atoms with Gasteiger partial charge >= 0.3 is 0 Å². The Hall–Kier alpha value is -1.64. The molecule has 1 amide bonds. The Morgan fingerprint density at radius 1 is 1.07 bits per heavy atom. The summed E-state index contributed by atoms with van der Waals surface area (Å²) in [5, 5.41) is 0. The predicted octanol–water partition coefficient (Wildman–Crippen LogP) is 2.37. The van der Waals surface area contributed by atoms with Crippen molar-refractivity contribution in [3.8, 4) is 5.75 Å². The highest BCUT2D eigenvalue weighted by Gasteiger charge is 2.35. The summed E-state index contributed by atoms with van der Waals surface area (Å²) in [6.07, 6.45) is 6.01. The van der Waals surface area contributed by atoms with Crippen LogP contribution >= 0.6 is 0 Å². The average molecular weight is 423 g/mol. The first-order valence-electron chi connectivity index (χ1n) is 10.6. The lowest BCUT2D eigenvalue weighted by Gasteiger charge is -2.41. The van der Waals surface area contributed by atoms with Crippen LogP contribution in [0.25, 0.3) is 0 Å². The van der Waals surface area contributed by atoms with E-state index in [0.29, 0.717) is 43.5 Å². The van der Waals surface area contributed by atoms with Crippen LogP contribution in [0.4, 0.5) is 0 Å². The number of benzene rings is 1. The Balaban J connectivity index is 1.59. The van der Waals surface area contributed by atoms with Crippen molar-refractivity contribution >= 4 is 15.9 Å². The average Bonchev–Trinajstić information content (AvgIpc) is 2.78. The Morgan fingerprint density at radius 2 is 1.79 bits per heavy atom. The lowest BCUT2D eigenvalue weighted by Crippen LogP contribution is -2.45. The number of carbonyl (C=O) groups excluding carboxylic acids is 1. The van der Waals surface area contributed by atoms with E-state index in [4.69, 9.17) is 9.47 Å². The molecule has 160 valence electrons. The molecule has 0 N–H and O–H groups in total. The number of sulfonamides is 1. The molecule has 0 radical (unpaired) electrons. The van der Waals surface area contributed by atoms with Gasteiger partial charge in [0.2, 0.25) is 10.0 Å². The molecule has 3 aliphatic rings. The van der Waals surface area contributed by atoms with Crippen molar-refractivity contribution in [3.63, 3.8) is 0 Å². The molecule has 8 heteroatoms. The monoisotopic (exact) mass is 422 g/mol. The SMILES string of the molecule is COc1ccc(S(=O)(=O)N2CCOCC2)cc1C(=O)N1CC[C@@H]2CCCC[C@H]2C1. The van der Waals surface area contributed by atoms with Gasteiger partial charge in [0, 0.05) is 26.2 Å². The summed E-state index contributed by atoms with van der Waals surface area (Å²) in [6.45, 7) is 2.91. The molecule has 2 atom stereocenters. The first-order valence-corrected chi connectivity index (χ1v) is 12.0. The fourth-order valence-electron chi connectivity index (χ4n) is 4.91. The molecule has 1 aromatic carbocycles. The Kier molecular flexibility index (Phi) is 6.13. The van der Waals surface area contributed by atoms with Gasteiger partial charge in [-0.25, -0.2) is 8.42 Å². The molecule has 2 saturated heterocycles. The molecule has 1 saturated carbocycles. The van der Waals surface area contributed by atoms with Gasteiger partial charge in [-0.1, -0.05) is 19.3 Å². The Bertz CT molecular complexity index is 851. The minimum Gasteiger partial charge on any atom is -0.496 e. The minimum atomic E-state index is -3.67. The van der Waals surface area contributed by atoms with Gasteiger partial charge in [0.1, 0.15) is 5.75 Å². The Morgan fingerprint density at radius 3 is 2.52 bits per heavy atom. The number of amides is 1. The smallest absolute Gasteiger partial charge is 0.257 e. The van der Waals surface area contributed by atoms with Crippen LogP contribution in [-0.2, 0) is 14.8 Å². The van der Waals surface area contributed by atoms with Crippen LogP contribution in [0, 0.1) is 11.8 Å². The summed E-state index contributed by atoms with van der Waals surface area (Å²) in [4.78, 5) is 15.3. The number of carbonyl (C=O) groups is 1. The second-order valence-corrected chi connectivity index (χ2v) is 10.2. The van der Waals surface area contributed by atoms with Crippen molar-refractivity contribution in [2.24, 2.45) is 11.8 Å². The molecule has 0 aromatic heterocycles. The first kappa shape index (κ1) is 20.6. The maximum Gasteiger partial charge on any atom is 0.257 e. The molecule has 0 unspecified atom stereocenters. The third-order valence-electron chi connectivity index (χ3n) is 6.59. The van der Waals surface area contributed by atoms with Gasteiger partial charge in [0.05, 0.1) is 30.8 Å². The summed E-state index contributed by atoms with van der Waals surface area (Å²) in [6, 6.07) is 4.60. The molecular weight excluding hydrogens is 392 g/mol. The predicted molar refractivity (Wildman–Crippen MR) is 109 cm³/mol. The number of nitrogens with zero attached hydrogens (tertiary/aromatic N) is 2. The largest absolute Gasteiger partial charge is 0.496 e. The van der Waals surface area contributed by atoms with Crippen LogP contribution in [0.2, 0.25) is 0 Å². The molecular formula is C21H30N2O5S. The van der Waals surface area contributed by atoms with Gasteiger partial charge in [-0.2, -0.15) is 4.31 Å². The maximum absolute atomic E-state index is 13.3. The van der Waals surface area contributed by atoms with Crippen molar-refractivity contribution < 1.29 is 22.7 Å². The van der Waals surface area contributed by atoms with E-state index in [2.05, 4.69) is 0 Å². The summed E-state index contributed by atoms with van der Waals surface area (Å²) >= 11 is 0. The number of rotatable bonds is 4. The number of hydrogen-bond acceptors (Lipinski definition) is 5. The molecule has 0 bridgehead atoms. The van der Waals surface area contributed by atoms with Crippen LogP contribution in [0.3, 0.4) is 0 Å². The highest BCUT2D eigenvalue weighted by molar-refractivity contribution is 7.89. The third-order valence-corrected chi connectivity index (χ3v) is 8.48. The zero-order valence-electron chi connectivity index (χ0n) is 17.0. The van der Waals surface area contributed by atoms with E-state index in [1.54, 1.807) is 6.07 Å². The van der Waals surface area contributed by atoms with Crippen molar-refractivity contribution in [2.45, 2.75) is 37.0 Å². The fourth-order valence-corrected chi connectivity index (χ4v) is 6.34. The first-order chi connectivity index (χ1) is 14.0. The highest BCUT2D eigenvalue weighted by Crippen LogP contribution is 2.37. The summed E-state index contributed by atoms with van der Waals surface area (Å²) in [7, 11) is -2.16. The van der Waals surface area contributed by atoms with Crippen molar-refractivity contribution in [1.29, 1.82) is 0 Å². The highest BCUT2D eigenvalue weighted by atomic mass is 32.2. The van der Waals surface area contributed by atoms with E-state index in [9.17, 15) is 13.2 Å². The number of piperidine rings is 1. The van der Waals surface area contributed by atoms with Crippen LogP contribution in [-0.4, -0.2) is 70.0 Å². The van der Waals surface area contributed by atoms with Crippen LogP contribution in [0.1, 0.15) is 42.5 Å². The minimum absolute atomic E-state index is 0.134. The molecule has 1 aliphatic carbocycles. The van der Waals surface area contributed by atoms with Crippen molar-refractivity contribution in [1.82, 2.24) is 9.21 Å². The lowest BCUT2D eigenvalue weighted by molar-refractivity contribution is 0.0517. The van der Waals surface area contributed by atoms with Crippen LogP contribution in [0.15, 0.2) is 23.1 Å². The second-order valence-electron chi connectivity index (χ2n) is 8.22. The van der Waals surface area contributed by atoms with Gasteiger partial charge in [0.15, 0.2) is 0 Å². The van der Waals surface area contributed by atoms with Gasteiger partial charge in [-0.3, -0.25) is 4.79 Å². The van der Waals surface area contributed by atoms with Gasteiger partial charge in [-0.05, 0) is 42.9 Å². The molecule has 29 heavy (non-hydrogen) atoms. The zero-order valence-corrected chi connectivity index (χ0v) is 17.8. The van der Waals surface area contributed by atoms with E-state index in [-0.39, 0.29) is 10.8 Å². The standard InChI is InChI=1S/C21H30N2O5S/c1-27-20-7-6-18(29(25,26)23-10-12-28-13-11-23)14-19(20)21(24)22-9-8-16-4-2-3-5-17(16)15-22/h6-7,14,16-17H,2-5,8-13,15H2,1H3/t16-,17-/m0/s1. The molecule has 1 aromatic rings. The van der Waals surface area contributed by atoms with Crippen LogP contribution < -0.4 is 4.74 Å². The number of methoxy groups -OCH3 is 1. The Labute approximate surface area is 173 Å². The lowest BCUT2D eigenvalue weighted by atomic mass is 9.75. The van der Waals surface area contributed by atoms with Gasteiger partial charge < -0.3 is 14.4 Å². The number of morpholine rings is 1. The van der Waals surface area contributed by atoms with Crippen molar-refractivity contribution in [2.75, 3.05) is 46.5 Å². The van der Waals surface area contributed by atoms with Gasteiger partial charge in [0.25, 0.3) is 5.91 Å². The quantitative estimate of drug-likeness (QED) is 0.745. The zero-order chi connectivity index (χ0) is 20.4. The van der Waals surface area contributed by atoms with E-state index >= 15 is 0 Å². The van der Waals surface area contributed by atoms with E-state index in [1.807, 2.05) is 4.90 Å². The fraction of sp³-hybridized carbons (Fsp3) is 0.667. The number of likely N-dealkylation sites (tertiary alicyclic amines) is 1. The third kappa shape index (κ3) is 4.15. The summed E-state index contributed by atoms with van der Waals surface area (Å²) in [5.74, 6) is 1.57.